The Bertz CT molecular complexity index is 172. The van der Waals surface area contributed by atoms with Crippen LogP contribution in [0.5, 0.6) is 0 Å². The molecule has 10 heavy (non-hydrogen) atoms. The van der Waals surface area contributed by atoms with Gasteiger partial charge < -0.3 is 0 Å². The lowest BCUT2D eigenvalue weighted by Gasteiger charge is -1.70. The van der Waals surface area contributed by atoms with Crippen LogP contribution in [-0.2, 0) is 15.9 Å². The Hall–Kier alpha value is -0.760. The Morgan fingerprint density at radius 3 is 1.90 bits per heavy atom. The SMILES string of the molecule is CC.O=[S+]c1ccccc1. The fourth-order valence-corrected chi connectivity index (χ4v) is 0.744. The summed E-state index contributed by atoms with van der Waals surface area (Å²) >= 11 is 0.519. The van der Waals surface area contributed by atoms with Crippen molar-refractivity contribution in [1.29, 1.82) is 0 Å². The highest BCUT2D eigenvalue weighted by molar-refractivity contribution is 7.65. The molecule has 2 heteroatoms. The molecule has 0 aliphatic heterocycles. The fraction of sp³-hybridized carbons (Fsp3) is 0.250. The minimum atomic E-state index is 0.519. The number of benzene rings is 1. The largest absolute Gasteiger partial charge is 0.505 e. The third-order valence-corrected chi connectivity index (χ3v) is 1.30. The molecule has 0 bridgehead atoms. The van der Waals surface area contributed by atoms with Crippen LogP contribution >= 0.6 is 0 Å². The van der Waals surface area contributed by atoms with Crippen molar-refractivity contribution in [1.82, 2.24) is 0 Å². The molecule has 1 nitrogen and oxygen atoms in total. The monoisotopic (exact) mass is 155 g/mol. The minimum Gasteiger partial charge on any atom is -0.0683 e. The molecule has 0 heterocycles. The average Bonchev–Trinajstić information content (AvgIpc) is 2.10. The number of hydrogen-bond donors (Lipinski definition) is 0. The predicted molar refractivity (Wildman–Crippen MR) is 44.1 cm³/mol. The molecular weight excluding hydrogens is 144 g/mol. The van der Waals surface area contributed by atoms with Crippen LogP contribution in [0.4, 0.5) is 0 Å². The van der Waals surface area contributed by atoms with Crippen molar-refractivity contribution < 1.29 is 4.21 Å². The Balaban J connectivity index is 0.000000371. The smallest absolute Gasteiger partial charge is 0.0683 e. The summed E-state index contributed by atoms with van der Waals surface area (Å²) in [5, 5.41) is 0. The summed E-state index contributed by atoms with van der Waals surface area (Å²) in [7, 11) is 0. The molecule has 1 aromatic carbocycles. The Labute approximate surface area is 65.6 Å². The van der Waals surface area contributed by atoms with Crippen LogP contribution in [0.15, 0.2) is 35.2 Å². The highest BCUT2D eigenvalue weighted by Crippen LogP contribution is 1.95. The van der Waals surface area contributed by atoms with Crippen molar-refractivity contribution in [3.8, 4) is 0 Å². The van der Waals surface area contributed by atoms with Crippen molar-refractivity contribution >= 4 is 11.7 Å². The van der Waals surface area contributed by atoms with Gasteiger partial charge in [-0.15, -0.1) is 0 Å². The van der Waals surface area contributed by atoms with E-state index >= 15 is 0 Å². The standard InChI is InChI=1S/C6H5OS.C2H6/c7-8-6-4-2-1-3-5-6;1-2/h1-5H;1-2H3/q+1;. The highest BCUT2D eigenvalue weighted by Gasteiger charge is 1.99. The maximum atomic E-state index is 10.0. The zero-order chi connectivity index (χ0) is 7.82. The van der Waals surface area contributed by atoms with E-state index in [4.69, 9.17) is 0 Å². The first kappa shape index (κ1) is 9.24. The van der Waals surface area contributed by atoms with E-state index in [-0.39, 0.29) is 0 Å². The van der Waals surface area contributed by atoms with Crippen LogP contribution in [0.3, 0.4) is 0 Å². The number of hydrogen-bond acceptors (Lipinski definition) is 1. The molecule has 0 fully saturated rings. The van der Waals surface area contributed by atoms with Crippen LogP contribution in [0.25, 0.3) is 0 Å². The summed E-state index contributed by atoms with van der Waals surface area (Å²) in [4.78, 5) is 0.771. The summed E-state index contributed by atoms with van der Waals surface area (Å²) < 4.78 is 10.0. The summed E-state index contributed by atoms with van der Waals surface area (Å²) in [6, 6.07) is 9.16. The van der Waals surface area contributed by atoms with E-state index in [1.54, 1.807) is 12.1 Å². The van der Waals surface area contributed by atoms with Gasteiger partial charge >= 0.3 is 11.7 Å². The zero-order valence-corrected chi connectivity index (χ0v) is 7.02. The molecule has 0 atom stereocenters. The maximum absolute atomic E-state index is 10.0. The summed E-state index contributed by atoms with van der Waals surface area (Å²) in [5.74, 6) is 0. The molecule has 0 aromatic heterocycles. The van der Waals surface area contributed by atoms with Crippen LogP contribution in [0.1, 0.15) is 13.8 Å². The number of rotatable bonds is 1. The van der Waals surface area contributed by atoms with Crippen LogP contribution in [0, 0.1) is 0 Å². The van der Waals surface area contributed by atoms with Crippen molar-refractivity contribution in [2.75, 3.05) is 0 Å². The van der Waals surface area contributed by atoms with E-state index in [0.717, 1.165) is 4.90 Å². The lowest BCUT2D eigenvalue weighted by Crippen LogP contribution is -1.66. The molecule has 0 aliphatic rings. The van der Waals surface area contributed by atoms with Crippen molar-refractivity contribution in [3.63, 3.8) is 0 Å². The van der Waals surface area contributed by atoms with Gasteiger partial charge in [-0.2, -0.15) is 0 Å². The van der Waals surface area contributed by atoms with Gasteiger partial charge in [-0.1, -0.05) is 32.0 Å². The van der Waals surface area contributed by atoms with E-state index in [0.29, 0.717) is 11.7 Å². The predicted octanol–water partition coefficient (Wildman–Crippen LogP) is 2.50. The molecule has 0 saturated carbocycles. The second-order valence-corrected chi connectivity index (χ2v) is 2.03. The van der Waals surface area contributed by atoms with Gasteiger partial charge in [-0.25, -0.2) is 0 Å². The van der Waals surface area contributed by atoms with Gasteiger partial charge in [0.15, 0.2) is 0 Å². The molecule has 0 spiro atoms. The quantitative estimate of drug-likeness (QED) is 0.569. The van der Waals surface area contributed by atoms with Crippen molar-refractivity contribution in [3.05, 3.63) is 30.3 Å². The molecule has 54 valence electrons. The molecule has 0 N–H and O–H groups in total. The van der Waals surface area contributed by atoms with Gasteiger partial charge in [0.25, 0.3) is 4.90 Å². The summed E-state index contributed by atoms with van der Waals surface area (Å²) in [5.41, 5.74) is 0. The van der Waals surface area contributed by atoms with Crippen LogP contribution < -0.4 is 0 Å². The first-order valence-corrected chi connectivity index (χ1v) is 4.02. The van der Waals surface area contributed by atoms with E-state index in [1.165, 1.54) is 0 Å². The van der Waals surface area contributed by atoms with Gasteiger partial charge in [-0.05, 0) is 0 Å². The molecule has 1 rings (SSSR count). The molecule has 0 saturated heterocycles. The maximum Gasteiger partial charge on any atom is 0.505 e. The van der Waals surface area contributed by atoms with E-state index in [2.05, 4.69) is 0 Å². The van der Waals surface area contributed by atoms with Crippen LogP contribution in [-0.4, -0.2) is 0 Å². The van der Waals surface area contributed by atoms with Crippen molar-refractivity contribution in [2.24, 2.45) is 0 Å². The van der Waals surface area contributed by atoms with Crippen molar-refractivity contribution in [2.45, 2.75) is 18.7 Å². The molecule has 0 unspecified atom stereocenters. The lowest BCUT2D eigenvalue weighted by atomic mass is 10.4. The molecule has 0 aliphatic carbocycles. The fourth-order valence-electron chi connectivity index (χ4n) is 0.476. The Morgan fingerprint density at radius 2 is 1.60 bits per heavy atom. The average molecular weight is 155 g/mol. The minimum absolute atomic E-state index is 0.519. The van der Waals surface area contributed by atoms with Gasteiger partial charge in [0.1, 0.15) is 0 Å². The Morgan fingerprint density at radius 1 is 1.10 bits per heavy atom. The summed E-state index contributed by atoms with van der Waals surface area (Å²) in [6.07, 6.45) is 0. The first-order valence-electron chi connectivity index (χ1n) is 3.28. The molecule has 1 aromatic rings. The zero-order valence-electron chi connectivity index (χ0n) is 6.20. The first-order chi connectivity index (χ1) is 4.93. The summed E-state index contributed by atoms with van der Waals surface area (Å²) in [6.45, 7) is 4.00. The highest BCUT2D eigenvalue weighted by atomic mass is 32.1. The Kier molecular flexibility index (Phi) is 5.88. The van der Waals surface area contributed by atoms with Gasteiger partial charge in [0.05, 0.1) is 0 Å². The third kappa shape index (κ3) is 3.30. The van der Waals surface area contributed by atoms with Gasteiger partial charge in [0, 0.05) is 16.3 Å². The van der Waals surface area contributed by atoms with Crippen LogP contribution in [0.2, 0.25) is 0 Å². The normalized spacial score (nSPS) is 7.40. The molecule has 0 radical (unpaired) electrons. The second-order valence-electron chi connectivity index (χ2n) is 1.40. The van der Waals surface area contributed by atoms with E-state index < -0.39 is 0 Å². The third-order valence-electron chi connectivity index (χ3n) is 0.839. The lowest BCUT2D eigenvalue weighted by molar-refractivity contribution is 0.605. The second kappa shape index (κ2) is 6.36. The van der Waals surface area contributed by atoms with E-state index in [9.17, 15) is 4.21 Å². The topological polar surface area (TPSA) is 17.1 Å². The van der Waals surface area contributed by atoms with Gasteiger partial charge in [-0.3, -0.25) is 0 Å². The van der Waals surface area contributed by atoms with Gasteiger partial charge in [0.2, 0.25) is 0 Å². The van der Waals surface area contributed by atoms with E-state index in [1.807, 2.05) is 32.0 Å². The molecule has 0 amide bonds. The molecular formula is C8H11OS+.